The molecule has 0 bridgehead atoms. The lowest BCUT2D eigenvalue weighted by Crippen LogP contribution is -2.59. The minimum absolute atomic E-state index is 0.274. The van der Waals surface area contributed by atoms with Crippen LogP contribution in [0.15, 0.2) is 18.2 Å². The summed E-state index contributed by atoms with van der Waals surface area (Å²) in [6.07, 6.45) is 0. The third-order valence-corrected chi connectivity index (χ3v) is 3.68. The van der Waals surface area contributed by atoms with Crippen LogP contribution in [0.4, 0.5) is 8.78 Å². The zero-order chi connectivity index (χ0) is 14.0. The number of benzene rings is 1. The van der Waals surface area contributed by atoms with Crippen molar-refractivity contribution in [2.75, 3.05) is 26.2 Å². The van der Waals surface area contributed by atoms with Gasteiger partial charge in [-0.3, -0.25) is 9.69 Å². The van der Waals surface area contributed by atoms with Gasteiger partial charge in [0, 0.05) is 26.2 Å². The summed E-state index contributed by atoms with van der Waals surface area (Å²) in [7, 11) is 0. The largest absolute Gasteiger partial charge is 0.368 e. The van der Waals surface area contributed by atoms with Gasteiger partial charge in [-0.15, -0.1) is 0 Å². The minimum atomic E-state index is -1.47. The molecule has 1 fully saturated rings. The fourth-order valence-corrected chi connectivity index (χ4v) is 2.51. The van der Waals surface area contributed by atoms with E-state index in [4.69, 9.17) is 5.73 Å². The molecular weight excluding hydrogens is 252 g/mol. The lowest BCUT2D eigenvalue weighted by Gasteiger charge is -2.41. The van der Waals surface area contributed by atoms with E-state index in [0.717, 1.165) is 12.1 Å². The fourth-order valence-electron chi connectivity index (χ4n) is 2.51. The average molecular weight is 269 g/mol. The van der Waals surface area contributed by atoms with E-state index in [-0.39, 0.29) is 5.56 Å². The number of nitrogens with one attached hydrogen (secondary N) is 1. The average Bonchev–Trinajstić information content (AvgIpc) is 2.39. The fraction of sp³-hybridized carbons (Fsp3) is 0.462. The summed E-state index contributed by atoms with van der Waals surface area (Å²) in [5.41, 5.74) is 3.69. The molecule has 1 heterocycles. The molecule has 1 amide bonds. The first kappa shape index (κ1) is 13.9. The van der Waals surface area contributed by atoms with Crippen LogP contribution in [0.1, 0.15) is 12.5 Å². The standard InChI is InChI=1S/C13H17F2N3O/c1-13(12(16)19,18-7-5-17-6-8-18)11-9(14)3-2-4-10(11)15/h2-4,17H,5-8H2,1H3,(H2,16,19). The molecule has 1 aromatic carbocycles. The molecule has 1 unspecified atom stereocenters. The Hall–Kier alpha value is -1.53. The zero-order valence-corrected chi connectivity index (χ0v) is 10.7. The predicted molar refractivity (Wildman–Crippen MR) is 67.3 cm³/mol. The summed E-state index contributed by atoms with van der Waals surface area (Å²) in [6, 6.07) is 3.55. The minimum Gasteiger partial charge on any atom is -0.368 e. The van der Waals surface area contributed by atoms with Crippen LogP contribution in [0.3, 0.4) is 0 Å². The normalized spacial score (nSPS) is 19.9. The van der Waals surface area contributed by atoms with Crippen molar-refractivity contribution < 1.29 is 13.6 Å². The van der Waals surface area contributed by atoms with E-state index in [1.807, 2.05) is 0 Å². The highest BCUT2D eigenvalue weighted by atomic mass is 19.1. The van der Waals surface area contributed by atoms with E-state index in [9.17, 15) is 13.6 Å². The third kappa shape index (κ3) is 2.33. The quantitative estimate of drug-likeness (QED) is 0.843. The number of piperazine rings is 1. The van der Waals surface area contributed by atoms with Gasteiger partial charge in [-0.25, -0.2) is 8.78 Å². The maximum absolute atomic E-state index is 14.0. The van der Waals surface area contributed by atoms with Gasteiger partial charge in [-0.05, 0) is 19.1 Å². The number of amides is 1. The first-order valence-corrected chi connectivity index (χ1v) is 6.18. The van der Waals surface area contributed by atoms with E-state index in [1.54, 1.807) is 4.90 Å². The molecule has 1 atom stereocenters. The van der Waals surface area contributed by atoms with Crippen LogP contribution in [0, 0.1) is 11.6 Å². The molecule has 1 aliphatic rings. The SMILES string of the molecule is CC(C(N)=O)(c1c(F)cccc1F)N1CCNCC1. The van der Waals surface area contributed by atoms with Crippen molar-refractivity contribution in [3.05, 3.63) is 35.4 Å². The van der Waals surface area contributed by atoms with Crippen molar-refractivity contribution in [2.24, 2.45) is 5.73 Å². The van der Waals surface area contributed by atoms with Crippen LogP contribution >= 0.6 is 0 Å². The van der Waals surface area contributed by atoms with Crippen molar-refractivity contribution in [3.8, 4) is 0 Å². The topological polar surface area (TPSA) is 58.4 Å². The van der Waals surface area contributed by atoms with Crippen LogP contribution in [0.5, 0.6) is 0 Å². The predicted octanol–water partition coefficient (Wildman–Crippen LogP) is 0.571. The Bertz CT molecular complexity index is 469. The molecule has 19 heavy (non-hydrogen) atoms. The highest BCUT2D eigenvalue weighted by molar-refractivity contribution is 5.86. The van der Waals surface area contributed by atoms with E-state index < -0.39 is 23.1 Å². The number of rotatable bonds is 3. The van der Waals surface area contributed by atoms with E-state index in [0.29, 0.717) is 26.2 Å². The number of hydrogen-bond donors (Lipinski definition) is 2. The van der Waals surface area contributed by atoms with Crippen LogP contribution in [0.2, 0.25) is 0 Å². The molecule has 0 saturated carbocycles. The Morgan fingerprint density at radius 3 is 2.32 bits per heavy atom. The summed E-state index contributed by atoms with van der Waals surface area (Å²) in [6.45, 7) is 3.79. The van der Waals surface area contributed by atoms with Crippen LogP contribution in [-0.4, -0.2) is 37.0 Å². The third-order valence-electron chi connectivity index (χ3n) is 3.68. The Balaban J connectivity index is 2.52. The monoisotopic (exact) mass is 269 g/mol. The van der Waals surface area contributed by atoms with Crippen molar-refractivity contribution in [2.45, 2.75) is 12.5 Å². The van der Waals surface area contributed by atoms with Gasteiger partial charge in [0.05, 0.1) is 5.56 Å². The Morgan fingerprint density at radius 2 is 1.84 bits per heavy atom. The van der Waals surface area contributed by atoms with Gasteiger partial charge in [0.2, 0.25) is 5.91 Å². The Labute approximate surface area is 110 Å². The van der Waals surface area contributed by atoms with Crippen molar-refractivity contribution in [1.29, 1.82) is 0 Å². The van der Waals surface area contributed by atoms with Gasteiger partial charge in [0.15, 0.2) is 0 Å². The highest BCUT2D eigenvalue weighted by Gasteiger charge is 2.43. The van der Waals surface area contributed by atoms with Crippen molar-refractivity contribution in [3.63, 3.8) is 0 Å². The molecule has 0 spiro atoms. The second-order valence-electron chi connectivity index (χ2n) is 4.77. The van der Waals surface area contributed by atoms with Crippen LogP contribution < -0.4 is 11.1 Å². The molecule has 6 heteroatoms. The van der Waals surface area contributed by atoms with Crippen molar-refractivity contribution in [1.82, 2.24) is 10.2 Å². The van der Waals surface area contributed by atoms with Gasteiger partial charge in [-0.1, -0.05) is 6.07 Å². The summed E-state index contributed by atoms with van der Waals surface area (Å²) in [5, 5.41) is 3.13. The number of nitrogens with zero attached hydrogens (tertiary/aromatic N) is 1. The van der Waals surface area contributed by atoms with E-state index in [1.165, 1.54) is 13.0 Å². The summed E-state index contributed by atoms with van der Waals surface area (Å²) in [5.74, 6) is -2.25. The number of hydrogen-bond acceptors (Lipinski definition) is 3. The molecule has 0 aromatic heterocycles. The smallest absolute Gasteiger partial charge is 0.242 e. The second kappa shape index (κ2) is 5.22. The number of primary amides is 1. The van der Waals surface area contributed by atoms with Gasteiger partial charge < -0.3 is 11.1 Å². The summed E-state index contributed by atoms with van der Waals surface area (Å²) < 4.78 is 27.9. The molecule has 0 radical (unpaired) electrons. The molecule has 2 rings (SSSR count). The molecule has 1 saturated heterocycles. The first-order valence-electron chi connectivity index (χ1n) is 6.18. The van der Waals surface area contributed by atoms with Gasteiger partial charge >= 0.3 is 0 Å². The van der Waals surface area contributed by atoms with E-state index in [2.05, 4.69) is 5.32 Å². The zero-order valence-electron chi connectivity index (χ0n) is 10.7. The maximum atomic E-state index is 14.0. The van der Waals surface area contributed by atoms with Gasteiger partial charge in [0.25, 0.3) is 0 Å². The Morgan fingerprint density at radius 1 is 1.32 bits per heavy atom. The van der Waals surface area contributed by atoms with Gasteiger partial charge in [-0.2, -0.15) is 0 Å². The summed E-state index contributed by atoms with van der Waals surface area (Å²) in [4.78, 5) is 13.6. The van der Waals surface area contributed by atoms with Gasteiger partial charge in [0.1, 0.15) is 17.2 Å². The second-order valence-corrected chi connectivity index (χ2v) is 4.77. The molecule has 1 aromatic rings. The summed E-state index contributed by atoms with van der Waals surface area (Å²) >= 11 is 0. The number of nitrogens with two attached hydrogens (primary N) is 1. The highest BCUT2D eigenvalue weighted by Crippen LogP contribution is 2.32. The van der Waals surface area contributed by atoms with Crippen molar-refractivity contribution >= 4 is 5.91 Å². The number of carbonyl (C=O) groups excluding carboxylic acids is 1. The number of carbonyl (C=O) groups is 1. The number of halogens is 2. The van der Waals surface area contributed by atoms with Crippen LogP contribution in [0.25, 0.3) is 0 Å². The first-order chi connectivity index (χ1) is 8.98. The molecular formula is C13H17F2N3O. The molecule has 104 valence electrons. The Kier molecular flexibility index (Phi) is 3.82. The molecule has 0 aliphatic carbocycles. The lowest BCUT2D eigenvalue weighted by atomic mass is 9.87. The molecule has 3 N–H and O–H groups in total. The lowest BCUT2D eigenvalue weighted by molar-refractivity contribution is -0.130. The van der Waals surface area contributed by atoms with Crippen LogP contribution in [-0.2, 0) is 10.3 Å². The molecule has 1 aliphatic heterocycles. The maximum Gasteiger partial charge on any atom is 0.242 e. The molecule has 4 nitrogen and oxygen atoms in total. The van der Waals surface area contributed by atoms with E-state index >= 15 is 0 Å².